The molecule has 2 saturated heterocycles. The van der Waals surface area contributed by atoms with E-state index in [2.05, 4.69) is 49.9 Å². The Hall–Kier alpha value is -1.77. The number of rotatable bonds is 8. The number of fused-ring (bicyclic) bond motifs is 1. The minimum atomic E-state index is 0.0381. The van der Waals surface area contributed by atoms with Crippen LogP contribution in [-0.2, 0) is 11.2 Å². The van der Waals surface area contributed by atoms with E-state index >= 15 is 0 Å². The monoisotopic (exact) mass is 444 g/mol. The molecular weight excluding hydrogens is 408 g/mol. The van der Waals surface area contributed by atoms with Crippen molar-refractivity contribution in [3.63, 3.8) is 0 Å². The van der Waals surface area contributed by atoms with Crippen molar-refractivity contribution in [3.05, 3.63) is 17.3 Å². The highest BCUT2D eigenvalue weighted by atomic mass is 32.1. The maximum absolute atomic E-state index is 12.8. The number of carbonyl (C=O) groups is 1. The lowest BCUT2D eigenvalue weighted by atomic mass is 9.97. The molecule has 0 unspecified atom stereocenters. The van der Waals surface area contributed by atoms with Crippen molar-refractivity contribution in [2.75, 3.05) is 63.8 Å². The minimum absolute atomic E-state index is 0.0381. The summed E-state index contributed by atoms with van der Waals surface area (Å²) < 4.78 is 0. The minimum Gasteiger partial charge on any atom is -0.356 e. The topological polar surface area (TPSA) is 64.6 Å². The molecule has 170 valence electrons. The summed E-state index contributed by atoms with van der Waals surface area (Å²) >= 11 is 1.75. The summed E-state index contributed by atoms with van der Waals surface area (Å²) in [5, 5.41) is 4.33. The number of aryl methyl sites for hydroxylation is 1. The largest absolute Gasteiger partial charge is 0.356 e. The van der Waals surface area contributed by atoms with E-state index in [0.29, 0.717) is 0 Å². The van der Waals surface area contributed by atoms with Crippen LogP contribution in [0.2, 0.25) is 0 Å². The summed E-state index contributed by atoms with van der Waals surface area (Å²) in [6, 6.07) is 2.22. The van der Waals surface area contributed by atoms with Gasteiger partial charge in [-0.1, -0.05) is 13.8 Å². The highest BCUT2D eigenvalue weighted by molar-refractivity contribution is 7.18. The van der Waals surface area contributed by atoms with Gasteiger partial charge in [0.25, 0.3) is 0 Å². The molecule has 0 radical (unpaired) electrons. The summed E-state index contributed by atoms with van der Waals surface area (Å²) in [6.07, 6.45) is 5.68. The number of hydrogen-bond donors (Lipinski definition) is 1. The first-order chi connectivity index (χ1) is 15.2. The van der Waals surface area contributed by atoms with Crippen molar-refractivity contribution in [1.82, 2.24) is 25.1 Å². The molecular formula is C23H36N6OS. The molecule has 7 nitrogen and oxygen atoms in total. The third-order valence-corrected chi connectivity index (χ3v) is 7.85. The van der Waals surface area contributed by atoms with Crippen LogP contribution in [0.3, 0.4) is 0 Å². The maximum atomic E-state index is 12.8. The van der Waals surface area contributed by atoms with Gasteiger partial charge < -0.3 is 20.0 Å². The first kappa shape index (κ1) is 22.4. The van der Waals surface area contributed by atoms with E-state index in [1.165, 1.54) is 18.0 Å². The number of amides is 1. The first-order valence-electron chi connectivity index (χ1n) is 11.9. The summed E-state index contributed by atoms with van der Waals surface area (Å²) in [5.41, 5.74) is 0. The van der Waals surface area contributed by atoms with Crippen LogP contribution in [-0.4, -0.2) is 84.6 Å². The Morgan fingerprint density at radius 1 is 1.16 bits per heavy atom. The Morgan fingerprint density at radius 3 is 2.74 bits per heavy atom. The number of carbonyl (C=O) groups excluding carboxylic acids is 1. The van der Waals surface area contributed by atoms with Gasteiger partial charge in [0.05, 0.1) is 11.3 Å². The van der Waals surface area contributed by atoms with Gasteiger partial charge in [-0.25, -0.2) is 9.97 Å². The molecule has 1 atom stereocenters. The molecule has 0 saturated carbocycles. The van der Waals surface area contributed by atoms with Crippen molar-refractivity contribution in [2.45, 2.75) is 39.5 Å². The van der Waals surface area contributed by atoms with Gasteiger partial charge >= 0.3 is 0 Å². The van der Waals surface area contributed by atoms with E-state index < -0.39 is 0 Å². The summed E-state index contributed by atoms with van der Waals surface area (Å²) in [4.78, 5) is 31.6. The standard InChI is InChI=1S/C23H36N6OS/c1-3-19-15-20-21(25-17-26-23(20)31-19)29-10-5-7-18(16-29)22(30)24-8-6-9-28-13-11-27(4-2)12-14-28/h15,17-18H,3-14,16H2,1-2H3,(H,24,30)/t18-/m0/s1. The van der Waals surface area contributed by atoms with Gasteiger partial charge in [0.15, 0.2) is 0 Å². The third kappa shape index (κ3) is 5.54. The lowest BCUT2D eigenvalue weighted by molar-refractivity contribution is -0.125. The first-order valence-corrected chi connectivity index (χ1v) is 12.7. The van der Waals surface area contributed by atoms with Gasteiger partial charge in [-0.15, -0.1) is 11.3 Å². The molecule has 8 heteroatoms. The van der Waals surface area contributed by atoms with Crippen LogP contribution >= 0.6 is 11.3 Å². The molecule has 31 heavy (non-hydrogen) atoms. The Morgan fingerprint density at radius 2 is 1.97 bits per heavy atom. The maximum Gasteiger partial charge on any atom is 0.224 e. The van der Waals surface area contributed by atoms with Crippen LogP contribution in [0.25, 0.3) is 10.2 Å². The molecule has 1 N–H and O–H groups in total. The van der Waals surface area contributed by atoms with Gasteiger partial charge in [-0.3, -0.25) is 4.79 Å². The average Bonchev–Trinajstić information content (AvgIpc) is 3.26. The van der Waals surface area contributed by atoms with Crippen molar-refractivity contribution in [2.24, 2.45) is 5.92 Å². The highest BCUT2D eigenvalue weighted by Gasteiger charge is 2.27. The van der Waals surface area contributed by atoms with Crippen molar-refractivity contribution in [1.29, 1.82) is 0 Å². The predicted molar refractivity (Wildman–Crippen MR) is 128 cm³/mol. The van der Waals surface area contributed by atoms with Crippen LogP contribution in [0.5, 0.6) is 0 Å². The fourth-order valence-electron chi connectivity index (χ4n) is 4.69. The zero-order chi connectivity index (χ0) is 21.6. The van der Waals surface area contributed by atoms with E-state index in [4.69, 9.17) is 0 Å². The van der Waals surface area contributed by atoms with E-state index in [-0.39, 0.29) is 11.8 Å². The smallest absolute Gasteiger partial charge is 0.224 e. The van der Waals surface area contributed by atoms with Crippen LogP contribution in [0.1, 0.15) is 38.0 Å². The second kappa shape index (κ2) is 10.7. The quantitative estimate of drug-likeness (QED) is 0.632. The number of aromatic nitrogens is 2. The van der Waals surface area contributed by atoms with Crippen molar-refractivity contribution < 1.29 is 4.79 Å². The predicted octanol–water partition coefficient (Wildman–Crippen LogP) is 2.61. The summed E-state index contributed by atoms with van der Waals surface area (Å²) in [7, 11) is 0. The molecule has 4 heterocycles. The van der Waals surface area contributed by atoms with E-state index in [1.54, 1.807) is 17.7 Å². The SMILES string of the molecule is CCc1cc2c(N3CCC[C@H](C(=O)NCCCN4CCN(CC)CC4)C3)ncnc2s1. The molecule has 0 aliphatic carbocycles. The molecule has 2 aliphatic rings. The highest BCUT2D eigenvalue weighted by Crippen LogP contribution is 2.32. The van der Waals surface area contributed by atoms with Crippen LogP contribution in [0, 0.1) is 5.92 Å². The second-order valence-electron chi connectivity index (χ2n) is 8.69. The van der Waals surface area contributed by atoms with Gasteiger partial charge in [-0.05, 0) is 44.8 Å². The molecule has 2 fully saturated rings. The Bertz CT molecular complexity index is 863. The molecule has 1 amide bonds. The molecule has 2 aromatic heterocycles. The van der Waals surface area contributed by atoms with Gasteiger partial charge in [0.1, 0.15) is 17.0 Å². The Balaban J connectivity index is 1.26. The van der Waals surface area contributed by atoms with Gasteiger partial charge in [-0.2, -0.15) is 0 Å². The number of nitrogens with one attached hydrogen (secondary N) is 1. The van der Waals surface area contributed by atoms with Crippen molar-refractivity contribution >= 4 is 33.3 Å². The molecule has 2 aliphatic heterocycles. The summed E-state index contributed by atoms with van der Waals surface area (Å²) in [6.45, 7) is 13.7. The van der Waals surface area contributed by atoms with Crippen molar-refractivity contribution in [3.8, 4) is 0 Å². The lowest BCUT2D eigenvalue weighted by Gasteiger charge is -2.34. The zero-order valence-corrected chi connectivity index (χ0v) is 19.8. The number of likely N-dealkylation sites (N-methyl/N-ethyl adjacent to an activating group) is 1. The van der Waals surface area contributed by atoms with Crippen LogP contribution < -0.4 is 10.2 Å². The molecule has 0 aromatic carbocycles. The third-order valence-electron chi connectivity index (χ3n) is 6.66. The van der Waals surface area contributed by atoms with Gasteiger partial charge in [0, 0.05) is 50.7 Å². The van der Waals surface area contributed by atoms with Crippen LogP contribution in [0.15, 0.2) is 12.4 Å². The molecule has 4 rings (SSSR count). The van der Waals surface area contributed by atoms with Crippen LogP contribution in [0.4, 0.5) is 5.82 Å². The normalized spacial score (nSPS) is 21.0. The lowest BCUT2D eigenvalue weighted by Crippen LogP contribution is -2.47. The van der Waals surface area contributed by atoms with E-state index in [9.17, 15) is 4.79 Å². The molecule has 0 spiro atoms. The fourth-order valence-corrected chi connectivity index (χ4v) is 5.62. The number of nitrogens with zero attached hydrogens (tertiary/aromatic N) is 5. The van der Waals surface area contributed by atoms with Gasteiger partial charge in [0.2, 0.25) is 5.91 Å². The summed E-state index contributed by atoms with van der Waals surface area (Å²) in [5.74, 6) is 1.23. The zero-order valence-electron chi connectivity index (χ0n) is 19.0. The molecule has 0 bridgehead atoms. The Kier molecular flexibility index (Phi) is 7.74. The number of thiophene rings is 1. The average molecular weight is 445 g/mol. The number of hydrogen-bond acceptors (Lipinski definition) is 7. The Labute approximate surface area is 189 Å². The fraction of sp³-hybridized carbons (Fsp3) is 0.696. The van der Waals surface area contributed by atoms with E-state index in [1.807, 2.05) is 0 Å². The number of piperidine rings is 1. The number of anilines is 1. The molecule has 2 aromatic rings. The second-order valence-corrected chi connectivity index (χ2v) is 9.80. The van der Waals surface area contributed by atoms with E-state index in [0.717, 1.165) is 87.5 Å². The number of piperazine rings is 1.